The van der Waals surface area contributed by atoms with E-state index in [2.05, 4.69) is 0 Å². The number of esters is 1. The first-order valence-electron chi connectivity index (χ1n) is 7.65. The lowest BCUT2D eigenvalue weighted by molar-refractivity contribution is -0.248. The molecule has 0 bridgehead atoms. The Morgan fingerprint density at radius 3 is 2.52 bits per heavy atom. The van der Waals surface area contributed by atoms with E-state index < -0.39 is 17.9 Å². The number of hydrogen-bond acceptors (Lipinski definition) is 4. The Morgan fingerprint density at radius 1 is 1.24 bits per heavy atom. The van der Waals surface area contributed by atoms with E-state index in [4.69, 9.17) is 9.47 Å². The Balaban J connectivity index is 1.96. The first-order chi connectivity index (χ1) is 10.1. The zero-order valence-electron chi connectivity index (χ0n) is 12.6. The molecule has 116 valence electrons. The zero-order chi connectivity index (χ0) is 15.1. The average molecular weight is 292 g/mol. The maximum Gasteiger partial charge on any atom is 0.335 e. The maximum atomic E-state index is 11.9. The standard InChI is InChI=1S/C17H24O4/c1-20-16(18)15(11-10-14-8-4-2-5-9-14)21-17(19)12-6-3-7-13-17/h2,4-5,8-9,15,19H,3,6-7,10-13H2,1H3/t15-/m0/s1. The van der Waals surface area contributed by atoms with Gasteiger partial charge in [0.15, 0.2) is 11.9 Å². The van der Waals surface area contributed by atoms with E-state index in [1.165, 1.54) is 7.11 Å². The summed E-state index contributed by atoms with van der Waals surface area (Å²) >= 11 is 0. The molecule has 0 spiro atoms. The first kappa shape index (κ1) is 16.0. The largest absolute Gasteiger partial charge is 0.467 e. The highest BCUT2D eigenvalue weighted by Crippen LogP contribution is 2.31. The fourth-order valence-electron chi connectivity index (χ4n) is 2.79. The number of methoxy groups -OCH3 is 1. The third kappa shape index (κ3) is 4.83. The SMILES string of the molecule is COC(=O)[C@H](CCc1ccccc1)OC1(O)CCCCC1. The third-order valence-electron chi connectivity index (χ3n) is 4.00. The fraction of sp³-hybridized carbons (Fsp3) is 0.588. The molecule has 1 aliphatic rings. The van der Waals surface area contributed by atoms with Crippen molar-refractivity contribution in [2.75, 3.05) is 7.11 Å². The van der Waals surface area contributed by atoms with Crippen LogP contribution in [0, 0.1) is 0 Å². The van der Waals surface area contributed by atoms with Gasteiger partial charge in [-0.3, -0.25) is 0 Å². The van der Waals surface area contributed by atoms with Crippen molar-refractivity contribution in [2.45, 2.75) is 56.8 Å². The molecule has 1 fully saturated rings. The highest BCUT2D eigenvalue weighted by Gasteiger charge is 2.35. The molecule has 0 radical (unpaired) electrons. The molecule has 1 saturated carbocycles. The van der Waals surface area contributed by atoms with Gasteiger partial charge in [0.05, 0.1) is 7.11 Å². The van der Waals surface area contributed by atoms with Crippen molar-refractivity contribution in [3.63, 3.8) is 0 Å². The number of aryl methyl sites for hydroxylation is 1. The van der Waals surface area contributed by atoms with Crippen molar-refractivity contribution in [1.29, 1.82) is 0 Å². The Kier molecular flexibility index (Phi) is 5.76. The van der Waals surface area contributed by atoms with Crippen LogP contribution in [0.25, 0.3) is 0 Å². The summed E-state index contributed by atoms with van der Waals surface area (Å²) in [6.07, 6.45) is 4.68. The normalized spacial score (nSPS) is 19.0. The second-order valence-electron chi connectivity index (χ2n) is 5.66. The van der Waals surface area contributed by atoms with Gasteiger partial charge in [-0.25, -0.2) is 4.79 Å². The van der Waals surface area contributed by atoms with E-state index in [1.807, 2.05) is 30.3 Å². The number of hydrogen-bond donors (Lipinski definition) is 1. The molecule has 1 atom stereocenters. The Bertz CT molecular complexity index is 437. The van der Waals surface area contributed by atoms with E-state index in [-0.39, 0.29) is 0 Å². The molecule has 4 nitrogen and oxygen atoms in total. The molecule has 1 aromatic rings. The Morgan fingerprint density at radius 2 is 1.90 bits per heavy atom. The Labute approximate surface area is 126 Å². The van der Waals surface area contributed by atoms with Crippen LogP contribution < -0.4 is 0 Å². The smallest absolute Gasteiger partial charge is 0.335 e. The van der Waals surface area contributed by atoms with Crippen LogP contribution in [0.4, 0.5) is 0 Å². The van der Waals surface area contributed by atoms with Crippen LogP contribution in [0.3, 0.4) is 0 Å². The predicted molar refractivity (Wildman–Crippen MR) is 79.7 cm³/mol. The van der Waals surface area contributed by atoms with Crippen molar-refractivity contribution >= 4 is 5.97 Å². The summed E-state index contributed by atoms with van der Waals surface area (Å²) in [6, 6.07) is 9.94. The molecule has 0 unspecified atom stereocenters. The van der Waals surface area contributed by atoms with E-state index >= 15 is 0 Å². The van der Waals surface area contributed by atoms with Crippen LogP contribution in [0.1, 0.15) is 44.1 Å². The van der Waals surface area contributed by atoms with Crippen LogP contribution in [0.15, 0.2) is 30.3 Å². The van der Waals surface area contributed by atoms with Gasteiger partial charge >= 0.3 is 5.97 Å². The van der Waals surface area contributed by atoms with Crippen LogP contribution in [-0.4, -0.2) is 30.1 Å². The number of rotatable bonds is 6. The molecular weight excluding hydrogens is 268 g/mol. The number of benzene rings is 1. The molecule has 21 heavy (non-hydrogen) atoms. The lowest BCUT2D eigenvalue weighted by Gasteiger charge is -2.34. The van der Waals surface area contributed by atoms with Crippen molar-refractivity contribution in [1.82, 2.24) is 0 Å². The van der Waals surface area contributed by atoms with E-state index in [0.29, 0.717) is 19.3 Å². The lowest BCUT2D eigenvalue weighted by atomic mass is 9.94. The molecule has 0 amide bonds. The van der Waals surface area contributed by atoms with E-state index in [9.17, 15) is 9.90 Å². The van der Waals surface area contributed by atoms with Crippen LogP contribution in [0.2, 0.25) is 0 Å². The van der Waals surface area contributed by atoms with Gasteiger partial charge in [-0.05, 0) is 31.2 Å². The number of carbonyl (C=O) groups excluding carboxylic acids is 1. The third-order valence-corrected chi connectivity index (χ3v) is 4.00. The van der Waals surface area contributed by atoms with Gasteiger partial charge in [-0.15, -0.1) is 0 Å². The van der Waals surface area contributed by atoms with Crippen molar-refractivity contribution < 1.29 is 19.4 Å². The summed E-state index contributed by atoms with van der Waals surface area (Å²) in [6.45, 7) is 0. The van der Waals surface area contributed by atoms with Gasteiger partial charge in [0.2, 0.25) is 0 Å². The summed E-state index contributed by atoms with van der Waals surface area (Å²) in [5, 5.41) is 10.5. The molecule has 1 N–H and O–H groups in total. The molecule has 0 aromatic heterocycles. The van der Waals surface area contributed by atoms with Gasteiger partial charge in [0, 0.05) is 12.8 Å². The Hall–Kier alpha value is -1.39. The summed E-state index contributed by atoms with van der Waals surface area (Å²) in [5.41, 5.74) is 1.14. The summed E-state index contributed by atoms with van der Waals surface area (Å²) in [5.74, 6) is -1.58. The van der Waals surface area contributed by atoms with Crippen molar-refractivity contribution in [3.05, 3.63) is 35.9 Å². The van der Waals surface area contributed by atoms with Crippen molar-refractivity contribution in [3.8, 4) is 0 Å². The topological polar surface area (TPSA) is 55.8 Å². The van der Waals surface area contributed by atoms with Crippen LogP contribution in [0.5, 0.6) is 0 Å². The first-order valence-corrected chi connectivity index (χ1v) is 7.65. The quantitative estimate of drug-likeness (QED) is 0.647. The highest BCUT2D eigenvalue weighted by atomic mass is 16.6. The molecule has 2 rings (SSSR count). The van der Waals surface area contributed by atoms with Gasteiger partial charge in [-0.2, -0.15) is 0 Å². The minimum absolute atomic E-state index is 0.412. The summed E-state index contributed by atoms with van der Waals surface area (Å²) < 4.78 is 10.5. The lowest BCUT2D eigenvalue weighted by Crippen LogP contribution is -2.42. The van der Waals surface area contributed by atoms with Gasteiger partial charge in [0.25, 0.3) is 0 Å². The predicted octanol–water partition coefficient (Wildman–Crippen LogP) is 2.83. The minimum atomic E-state index is -1.17. The number of ether oxygens (including phenoxy) is 2. The van der Waals surface area contributed by atoms with E-state index in [1.54, 1.807) is 0 Å². The molecular formula is C17H24O4. The molecule has 0 saturated heterocycles. The van der Waals surface area contributed by atoms with Crippen LogP contribution >= 0.6 is 0 Å². The second kappa shape index (κ2) is 7.57. The summed E-state index contributed by atoms with van der Waals surface area (Å²) in [7, 11) is 1.35. The number of carbonyl (C=O) groups is 1. The zero-order valence-corrected chi connectivity index (χ0v) is 12.6. The molecule has 0 heterocycles. The highest BCUT2D eigenvalue weighted by molar-refractivity contribution is 5.74. The average Bonchev–Trinajstić information content (AvgIpc) is 2.52. The van der Waals surface area contributed by atoms with E-state index in [0.717, 1.165) is 31.2 Å². The molecule has 0 aliphatic heterocycles. The molecule has 1 aromatic carbocycles. The molecule has 4 heteroatoms. The number of aliphatic hydroxyl groups is 1. The second-order valence-corrected chi connectivity index (χ2v) is 5.66. The maximum absolute atomic E-state index is 11.9. The van der Waals surface area contributed by atoms with Gasteiger partial charge < -0.3 is 14.6 Å². The fourth-order valence-corrected chi connectivity index (χ4v) is 2.79. The molecule has 1 aliphatic carbocycles. The van der Waals surface area contributed by atoms with Crippen molar-refractivity contribution in [2.24, 2.45) is 0 Å². The summed E-state index contributed by atoms with van der Waals surface area (Å²) in [4.78, 5) is 11.9. The van der Waals surface area contributed by atoms with Gasteiger partial charge in [-0.1, -0.05) is 36.8 Å². The monoisotopic (exact) mass is 292 g/mol. The minimum Gasteiger partial charge on any atom is -0.467 e. The van der Waals surface area contributed by atoms with Crippen LogP contribution in [-0.2, 0) is 20.7 Å². The van der Waals surface area contributed by atoms with Gasteiger partial charge in [0.1, 0.15) is 0 Å².